The van der Waals surface area contributed by atoms with Crippen LogP contribution in [0.4, 0.5) is 5.69 Å². The summed E-state index contributed by atoms with van der Waals surface area (Å²) in [7, 11) is 1.53. The molecule has 0 spiro atoms. The van der Waals surface area contributed by atoms with E-state index in [4.69, 9.17) is 10.5 Å². The first-order chi connectivity index (χ1) is 9.69. The van der Waals surface area contributed by atoms with Gasteiger partial charge >= 0.3 is 0 Å². The van der Waals surface area contributed by atoms with E-state index in [1.165, 1.54) is 7.11 Å². The highest BCUT2D eigenvalue weighted by Gasteiger charge is 2.23. The Hall–Kier alpha value is -2.57. The van der Waals surface area contributed by atoms with E-state index in [9.17, 15) is 4.79 Å². The first-order valence-electron chi connectivity index (χ1n) is 6.28. The molecule has 7 nitrogen and oxygen atoms in total. The molecule has 0 aliphatic carbocycles. The number of hydrogen-bond acceptors (Lipinski definition) is 5. The molecule has 20 heavy (non-hydrogen) atoms. The van der Waals surface area contributed by atoms with Gasteiger partial charge in [-0.15, -0.1) is 10.2 Å². The van der Waals surface area contributed by atoms with E-state index >= 15 is 0 Å². The van der Waals surface area contributed by atoms with Gasteiger partial charge in [0.1, 0.15) is 12.1 Å². The minimum atomic E-state index is -0.0578. The van der Waals surface area contributed by atoms with Crippen molar-refractivity contribution >= 4 is 11.6 Å². The van der Waals surface area contributed by atoms with Crippen LogP contribution in [0.1, 0.15) is 16.2 Å². The summed E-state index contributed by atoms with van der Waals surface area (Å²) >= 11 is 0. The topological polar surface area (TPSA) is 86.3 Å². The number of benzene rings is 1. The van der Waals surface area contributed by atoms with Crippen LogP contribution in [-0.4, -0.2) is 39.2 Å². The van der Waals surface area contributed by atoms with Crippen LogP contribution in [0.15, 0.2) is 24.5 Å². The van der Waals surface area contributed by atoms with Crippen molar-refractivity contribution in [3.8, 4) is 5.75 Å². The van der Waals surface area contributed by atoms with E-state index in [0.29, 0.717) is 36.6 Å². The fourth-order valence-corrected chi connectivity index (χ4v) is 2.27. The minimum Gasteiger partial charge on any atom is -0.495 e. The summed E-state index contributed by atoms with van der Waals surface area (Å²) in [5, 5.41) is 7.85. The van der Waals surface area contributed by atoms with Crippen molar-refractivity contribution in [2.75, 3.05) is 19.4 Å². The Morgan fingerprint density at radius 2 is 2.25 bits per heavy atom. The minimum absolute atomic E-state index is 0.0578. The maximum Gasteiger partial charge on any atom is 0.254 e. The van der Waals surface area contributed by atoms with Crippen LogP contribution in [0, 0.1) is 0 Å². The van der Waals surface area contributed by atoms with Crippen molar-refractivity contribution < 1.29 is 9.53 Å². The Labute approximate surface area is 116 Å². The molecule has 3 rings (SSSR count). The van der Waals surface area contributed by atoms with Crippen LogP contribution in [0.5, 0.6) is 5.75 Å². The molecule has 2 aromatic rings. The van der Waals surface area contributed by atoms with E-state index in [0.717, 1.165) is 5.82 Å². The average molecular weight is 273 g/mol. The number of aromatic nitrogens is 3. The number of hydrogen-bond donors (Lipinski definition) is 1. The van der Waals surface area contributed by atoms with Gasteiger partial charge in [-0.05, 0) is 18.2 Å². The molecular weight excluding hydrogens is 258 g/mol. The van der Waals surface area contributed by atoms with Crippen LogP contribution in [0.2, 0.25) is 0 Å². The van der Waals surface area contributed by atoms with Gasteiger partial charge < -0.3 is 19.9 Å². The summed E-state index contributed by atoms with van der Waals surface area (Å²) in [4.78, 5) is 14.2. The SMILES string of the molecule is COc1cc(C(=O)N2CCn3cnnc3C2)ccc1N. The highest BCUT2D eigenvalue weighted by molar-refractivity contribution is 5.95. The van der Waals surface area contributed by atoms with Crippen molar-refractivity contribution in [1.82, 2.24) is 19.7 Å². The van der Waals surface area contributed by atoms with Crippen LogP contribution in [0.3, 0.4) is 0 Å². The number of carbonyl (C=O) groups excluding carboxylic acids is 1. The molecule has 1 aliphatic rings. The summed E-state index contributed by atoms with van der Waals surface area (Å²) in [6.07, 6.45) is 1.68. The van der Waals surface area contributed by atoms with E-state index < -0.39 is 0 Å². The van der Waals surface area contributed by atoms with Crippen LogP contribution < -0.4 is 10.5 Å². The molecule has 0 bridgehead atoms. The molecular formula is C13H15N5O2. The molecule has 1 aromatic heterocycles. The molecule has 0 radical (unpaired) electrons. The van der Waals surface area contributed by atoms with Gasteiger partial charge in [0.25, 0.3) is 5.91 Å². The quantitative estimate of drug-likeness (QED) is 0.806. The van der Waals surface area contributed by atoms with Gasteiger partial charge in [0.05, 0.1) is 19.3 Å². The first kappa shape index (κ1) is 12.5. The standard InChI is InChI=1S/C13H15N5O2/c1-20-11-6-9(2-3-10(11)14)13(19)17-4-5-18-8-15-16-12(18)7-17/h2-3,6,8H,4-5,7,14H2,1H3. The first-order valence-corrected chi connectivity index (χ1v) is 6.28. The van der Waals surface area contributed by atoms with Gasteiger partial charge in [0, 0.05) is 18.7 Å². The Bertz CT molecular complexity index is 652. The highest BCUT2D eigenvalue weighted by atomic mass is 16.5. The summed E-state index contributed by atoms with van der Waals surface area (Å²) in [5.74, 6) is 1.25. The van der Waals surface area contributed by atoms with Crippen molar-refractivity contribution in [1.29, 1.82) is 0 Å². The maximum atomic E-state index is 12.5. The lowest BCUT2D eigenvalue weighted by Crippen LogP contribution is -2.38. The van der Waals surface area contributed by atoms with Gasteiger partial charge in [0.2, 0.25) is 0 Å². The molecule has 2 heterocycles. The zero-order valence-corrected chi connectivity index (χ0v) is 11.1. The van der Waals surface area contributed by atoms with E-state index in [1.807, 2.05) is 4.57 Å². The van der Waals surface area contributed by atoms with Gasteiger partial charge in [-0.25, -0.2) is 0 Å². The van der Waals surface area contributed by atoms with Crippen molar-refractivity contribution in [3.63, 3.8) is 0 Å². The molecule has 7 heteroatoms. The maximum absolute atomic E-state index is 12.5. The smallest absolute Gasteiger partial charge is 0.254 e. The molecule has 104 valence electrons. The third kappa shape index (κ3) is 2.07. The third-order valence-electron chi connectivity index (χ3n) is 3.41. The second kappa shape index (κ2) is 4.84. The Morgan fingerprint density at radius 1 is 1.40 bits per heavy atom. The van der Waals surface area contributed by atoms with Gasteiger partial charge in [-0.3, -0.25) is 4.79 Å². The molecule has 1 aliphatic heterocycles. The number of fused-ring (bicyclic) bond motifs is 1. The van der Waals surface area contributed by atoms with Crippen LogP contribution >= 0.6 is 0 Å². The van der Waals surface area contributed by atoms with Crippen molar-refractivity contribution in [2.24, 2.45) is 0 Å². The number of nitrogens with two attached hydrogens (primary N) is 1. The lowest BCUT2D eigenvalue weighted by molar-refractivity contribution is 0.0707. The van der Waals surface area contributed by atoms with Crippen LogP contribution in [0.25, 0.3) is 0 Å². The second-order valence-corrected chi connectivity index (χ2v) is 4.62. The lowest BCUT2D eigenvalue weighted by atomic mass is 10.1. The predicted molar refractivity (Wildman–Crippen MR) is 72.2 cm³/mol. The van der Waals surface area contributed by atoms with E-state index in [1.54, 1.807) is 29.4 Å². The fourth-order valence-electron chi connectivity index (χ4n) is 2.27. The number of carbonyl (C=O) groups is 1. The number of nitrogen functional groups attached to an aromatic ring is 1. The normalized spacial score (nSPS) is 13.9. The zero-order chi connectivity index (χ0) is 14.1. The van der Waals surface area contributed by atoms with E-state index in [-0.39, 0.29) is 5.91 Å². The number of methoxy groups -OCH3 is 1. The van der Waals surface area contributed by atoms with Gasteiger partial charge in [0.15, 0.2) is 5.82 Å². The Morgan fingerprint density at radius 3 is 3.05 bits per heavy atom. The van der Waals surface area contributed by atoms with Crippen molar-refractivity contribution in [3.05, 3.63) is 35.9 Å². The largest absolute Gasteiger partial charge is 0.495 e. The molecule has 0 saturated carbocycles. The Balaban J connectivity index is 1.83. The van der Waals surface area contributed by atoms with Crippen molar-refractivity contribution in [2.45, 2.75) is 13.1 Å². The summed E-state index contributed by atoms with van der Waals surface area (Å²) in [5.41, 5.74) is 6.83. The number of anilines is 1. The number of nitrogens with zero attached hydrogens (tertiary/aromatic N) is 4. The number of ether oxygens (including phenoxy) is 1. The molecule has 0 atom stereocenters. The Kier molecular flexibility index (Phi) is 3.02. The lowest BCUT2D eigenvalue weighted by Gasteiger charge is -2.27. The zero-order valence-electron chi connectivity index (χ0n) is 11.1. The van der Waals surface area contributed by atoms with Gasteiger partial charge in [-0.1, -0.05) is 0 Å². The predicted octanol–water partition coefficient (Wildman–Crippen LogP) is 0.525. The fraction of sp³-hybridized carbons (Fsp3) is 0.308. The summed E-state index contributed by atoms with van der Waals surface area (Å²) < 4.78 is 7.10. The average Bonchev–Trinajstić information content (AvgIpc) is 2.94. The molecule has 0 unspecified atom stereocenters. The van der Waals surface area contributed by atoms with Gasteiger partial charge in [-0.2, -0.15) is 0 Å². The summed E-state index contributed by atoms with van der Waals surface area (Å²) in [6, 6.07) is 5.05. The molecule has 1 aromatic carbocycles. The van der Waals surface area contributed by atoms with Crippen LogP contribution in [-0.2, 0) is 13.1 Å². The molecule has 1 amide bonds. The molecule has 0 saturated heterocycles. The third-order valence-corrected chi connectivity index (χ3v) is 3.41. The van der Waals surface area contributed by atoms with E-state index in [2.05, 4.69) is 10.2 Å². The number of amides is 1. The monoisotopic (exact) mass is 273 g/mol. The second-order valence-electron chi connectivity index (χ2n) is 4.62. The number of rotatable bonds is 2. The highest BCUT2D eigenvalue weighted by Crippen LogP contribution is 2.23. The molecule has 2 N–H and O–H groups in total. The summed E-state index contributed by atoms with van der Waals surface area (Å²) in [6.45, 7) is 1.81. The molecule has 0 fully saturated rings.